The van der Waals surface area contributed by atoms with Crippen LogP contribution in [-0.2, 0) is 22.7 Å². The first kappa shape index (κ1) is 34.7. The highest BCUT2D eigenvalue weighted by Gasteiger charge is 2.23. The number of carbonyl (C=O) groups is 2. The van der Waals surface area contributed by atoms with Crippen molar-refractivity contribution >= 4 is 40.7 Å². The number of hydrogen-bond acceptors (Lipinski definition) is 9. The zero-order chi connectivity index (χ0) is 35.5. The van der Waals surface area contributed by atoms with Crippen LogP contribution < -0.4 is 30.7 Å². The van der Waals surface area contributed by atoms with Gasteiger partial charge in [0.05, 0.1) is 41.3 Å². The van der Waals surface area contributed by atoms with Crippen molar-refractivity contribution in [1.82, 2.24) is 40.6 Å². The number of hydrogen-bond donors (Lipinski definition) is 4. The number of fused-ring (bicyclic) bond motifs is 1. The Bertz CT molecular complexity index is 2110. The zero-order valence-electron chi connectivity index (χ0n) is 28.3. The molecule has 1 aromatic carbocycles. The molecule has 2 aliphatic rings. The number of nitrogens with zero attached hydrogens (tertiary/aromatic N) is 4. The lowest BCUT2D eigenvalue weighted by Gasteiger charge is -2.15. The van der Waals surface area contributed by atoms with E-state index in [1.54, 1.807) is 20.4 Å². The Hall–Kier alpha value is -4.75. The summed E-state index contributed by atoms with van der Waals surface area (Å²) in [6.07, 6.45) is 8.38. The summed E-state index contributed by atoms with van der Waals surface area (Å²) >= 11 is 14.2. The van der Waals surface area contributed by atoms with Gasteiger partial charge in [0.1, 0.15) is 0 Å². The lowest BCUT2D eigenvalue weighted by atomic mass is 10.00. The zero-order valence-corrected chi connectivity index (χ0v) is 29.8. The molecule has 0 spiro atoms. The minimum Gasteiger partial charge on any atom is -0.493 e. The van der Waals surface area contributed by atoms with Crippen molar-refractivity contribution in [2.75, 3.05) is 27.3 Å². The van der Waals surface area contributed by atoms with E-state index in [1.165, 1.54) is 0 Å². The molecule has 4 N–H and O–H groups in total. The largest absolute Gasteiger partial charge is 0.493 e. The molecule has 264 valence electrons. The number of nitrogens with one attached hydrogen (secondary N) is 4. The van der Waals surface area contributed by atoms with Gasteiger partial charge in [-0.2, -0.15) is 0 Å². The topological polar surface area (TPSA) is 144 Å². The third-order valence-electron chi connectivity index (χ3n) is 9.22. The summed E-state index contributed by atoms with van der Waals surface area (Å²) < 4.78 is 13.3. The van der Waals surface area contributed by atoms with Crippen molar-refractivity contribution in [3.05, 3.63) is 82.4 Å². The Balaban J connectivity index is 1.12. The van der Waals surface area contributed by atoms with E-state index in [0.717, 1.165) is 40.8 Å². The van der Waals surface area contributed by atoms with Gasteiger partial charge >= 0.3 is 0 Å². The van der Waals surface area contributed by atoms with Crippen molar-refractivity contribution in [2.45, 2.75) is 50.9 Å². The summed E-state index contributed by atoms with van der Waals surface area (Å²) in [5.74, 6) is 1.26. The Morgan fingerprint density at radius 3 is 2.24 bits per heavy atom. The van der Waals surface area contributed by atoms with Gasteiger partial charge in [-0.3, -0.25) is 14.6 Å². The quantitative estimate of drug-likeness (QED) is 0.129. The molecule has 51 heavy (non-hydrogen) atoms. The second-order valence-electron chi connectivity index (χ2n) is 12.7. The van der Waals surface area contributed by atoms with E-state index < -0.39 is 0 Å². The van der Waals surface area contributed by atoms with Crippen LogP contribution in [0.3, 0.4) is 0 Å². The van der Waals surface area contributed by atoms with E-state index >= 15 is 0 Å². The van der Waals surface area contributed by atoms with E-state index in [4.69, 9.17) is 42.6 Å². The Morgan fingerprint density at radius 1 is 0.843 bits per heavy atom. The summed E-state index contributed by atoms with van der Waals surface area (Å²) in [5.41, 5.74) is 6.54. The van der Waals surface area contributed by atoms with Crippen LogP contribution in [0, 0.1) is 0 Å². The fourth-order valence-electron chi connectivity index (χ4n) is 6.62. The summed E-state index contributed by atoms with van der Waals surface area (Å²) in [7, 11) is 3.20. The summed E-state index contributed by atoms with van der Waals surface area (Å²) in [6.45, 7) is 2.43. The van der Waals surface area contributed by atoms with Crippen LogP contribution in [-0.4, -0.2) is 70.6 Å². The van der Waals surface area contributed by atoms with Crippen molar-refractivity contribution in [3.63, 3.8) is 0 Å². The lowest BCUT2D eigenvalue weighted by molar-refractivity contribution is -0.120. The van der Waals surface area contributed by atoms with Crippen LogP contribution in [0.15, 0.2) is 61.1 Å². The fourth-order valence-corrected chi connectivity index (χ4v) is 7.27. The number of rotatable bonds is 13. The standard InChI is InChI=1S/C37H38Cl2N8O4/c1-50-30-14-22(19-47-20-25(45-36(30)47)18-41-17-24-8-11-32(49)44-24)35-34(39)27(12-13-42-35)26-4-3-5-28(33(26)38)29-9-6-21(37(46-29)51-2)15-40-16-23-7-10-31(48)43-23/h3-6,9,12-14,19-20,23-24,40-41H,7-8,10-11,15-18H2,1-2H3,(H,43,48)(H,44,49)/t23-,24-/m1/s1. The lowest BCUT2D eigenvalue weighted by Crippen LogP contribution is -2.35. The highest BCUT2D eigenvalue weighted by atomic mass is 35.5. The number of pyridine rings is 3. The molecule has 4 aromatic heterocycles. The first-order valence-electron chi connectivity index (χ1n) is 16.8. The molecule has 0 aliphatic carbocycles. The van der Waals surface area contributed by atoms with Crippen molar-refractivity contribution < 1.29 is 19.1 Å². The van der Waals surface area contributed by atoms with Crippen LogP contribution in [0.4, 0.5) is 0 Å². The number of benzene rings is 1. The normalized spacial score (nSPS) is 17.2. The van der Waals surface area contributed by atoms with Crippen LogP contribution in [0.25, 0.3) is 39.3 Å². The van der Waals surface area contributed by atoms with Crippen LogP contribution in [0.2, 0.25) is 10.0 Å². The molecule has 7 rings (SSSR count). The van der Waals surface area contributed by atoms with Gasteiger partial charge in [-0.1, -0.05) is 47.5 Å². The van der Waals surface area contributed by atoms with E-state index in [9.17, 15) is 9.59 Å². The maximum atomic E-state index is 11.5. The van der Waals surface area contributed by atoms with Gasteiger partial charge in [0, 0.05) is 97.5 Å². The molecule has 2 atom stereocenters. The predicted molar refractivity (Wildman–Crippen MR) is 196 cm³/mol. The molecule has 0 unspecified atom stereocenters. The molecule has 14 heteroatoms. The summed E-state index contributed by atoms with van der Waals surface area (Å²) in [4.78, 5) is 37.3. The first-order chi connectivity index (χ1) is 24.8. The van der Waals surface area contributed by atoms with Gasteiger partial charge in [-0.25, -0.2) is 9.97 Å². The highest BCUT2D eigenvalue weighted by Crippen LogP contribution is 2.42. The third kappa shape index (κ3) is 7.50. The smallest absolute Gasteiger partial charge is 0.220 e. The summed E-state index contributed by atoms with van der Waals surface area (Å²) in [5, 5.41) is 13.7. The third-order valence-corrected chi connectivity index (χ3v) is 10.0. The fraction of sp³-hybridized carbons (Fsp3) is 0.324. The van der Waals surface area contributed by atoms with Gasteiger partial charge < -0.3 is 35.1 Å². The van der Waals surface area contributed by atoms with Gasteiger partial charge in [-0.15, -0.1) is 0 Å². The molecule has 6 heterocycles. The SMILES string of the molecule is COc1nc(-c2cccc(-c3ccnc(-c4cc(OC)c5nc(CNC[C@H]6CCC(=O)N6)cn5c4)c3Cl)c2Cl)ccc1CNC[C@H]1CCC(=O)N1. The minimum absolute atomic E-state index is 0.0946. The highest BCUT2D eigenvalue weighted by molar-refractivity contribution is 6.39. The minimum atomic E-state index is 0.0946. The molecule has 2 saturated heterocycles. The van der Waals surface area contributed by atoms with E-state index in [0.29, 0.717) is 83.3 Å². The van der Waals surface area contributed by atoms with Gasteiger partial charge in [-0.05, 0) is 31.0 Å². The van der Waals surface area contributed by atoms with Crippen molar-refractivity contribution in [3.8, 4) is 45.3 Å². The second kappa shape index (κ2) is 15.2. The maximum absolute atomic E-state index is 11.5. The number of amides is 2. The molecular formula is C37H38Cl2N8O4. The van der Waals surface area contributed by atoms with E-state index in [2.05, 4.69) is 26.3 Å². The number of carbonyl (C=O) groups excluding carboxylic acids is 2. The second-order valence-corrected chi connectivity index (χ2v) is 13.4. The summed E-state index contributed by atoms with van der Waals surface area (Å²) in [6, 6.07) is 13.6. The van der Waals surface area contributed by atoms with Gasteiger partial charge in [0.15, 0.2) is 11.4 Å². The van der Waals surface area contributed by atoms with Crippen molar-refractivity contribution in [2.24, 2.45) is 0 Å². The number of ether oxygens (including phenoxy) is 2. The average molecular weight is 730 g/mol. The van der Waals surface area contributed by atoms with Crippen LogP contribution in [0.1, 0.15) is 36.9 Å². The van der Waals surface area contributed by atoms with Crippen LogP contribution >= 0.6 is 23.2 Å². The van der Waals surface area contributed by atoms with E-state index in [-0.39, 0.29) is 23.9 Å². The Kier molecular flexibility index (Phi) is 10.4. The molecule has 5 aromatic rings. The Morgan fingerprint density at radius 2 is 1.55 bits per heavy atom. The van der Waals surface area contributed by atoms with Crippen molar-refractivity contribution in [1.29, 1.82) is 0 Å². The van der Waals surface area contributed by atoms with Gasteiger partial charge in [0.25, 0.3) is 0 Å². The number of methoxy groups -OCH3 is 2. The molecule has 12 nitrogen and oxygen atoms in total. The monoisotopic (exact) mass is 728 g/mol. The molecule has 0 radical (unpaired) electrons. The van der Waals surface area contributed by atoms with Crippen LogP contribution in [0.5, 0.6) is 11.6 Å². The maximum Gasteiger partial charge on any atom is 0.220 e. The number of aromatic nitrogens is 4. The van der Waals surface area contributed by atoms with E-state index in [1.807, 2.05) is 59.3 Å². The number of imidazole rings is 1. The molecule has 2 amide bonds. The molecule has 0 saturated carbocycles. The van der Waals surface area contributed by atoms with Gasteiger partial charge in [0.2, 0.25) is 17.7 Å². The average Bonchev–Trinajstić information content (AvgIpc) is 3.87. The first-order valence-corrected chi connectivity index (χ1v) is 17.6. The Labute approximate surface area is 305 Å². The molecule has 0 bridgehead atoms. The predicted octanol–water partition coefficient (Wildman–Crippen LogP) is 5.19. The molecule has 2 aliphatic heterocycles. The molecule has 2 fully saturated rings. The number of halogens is 2. The molecular weight excluding hydrogens is 691 g/mol.